The first kappa shape index (κ1) is 28.2. The second-order valence-electron chi connectivity index (χ2n) is 9.17. The van der Waals surface area contributed by atoms with Crippen LogP contribution in [0.1, 0.15) is 15.9 Å². The summed E-state index contributed by atoms with van der Waals surface area (Å²) < 4.78 is 33.6. The van der Waals surface area contributed by atoms with Gasteiger partial charge in [0.25, 0.3) is 0 Å². The van der Waals surface area contributed by atoms with E-state index in [9.17, 15) is 13.2 Å². The molecule has 5 aromatic rings. The van der Waals surface area contributed by atoms with E-state index in [0.29, 0.717) is 24.4 Å². The summed E-state index contributed by atoms with van der Waals surface area (Å²) in [5.74, 6) is 0.635. The van der Waals surface area contributed by atoms with Crippen LogP contribution in [0.3, 0.4) is 0 Å². The number of rotatable bonds is 11. The zero-order chi connectivity index (χ0) is 26.5. The van der Waals surface area contributed by atoms with Crippen LogP contribution < -0.4 is 14.8 Å². The summed E-state index contributed by atoms with van der Waals surface area (Å²) in [6, 6.07) is 31.4. The largest absolute Gasteiger partial charge is 0.492 e. The number of ketones is 1. The Balaban J connectivity index is 0.00000353. The Morgan fingerprint density at radius 2 is 1.59 bits per heavy atom. The van der Waals surface area contributed by atoms with E-state index in [2.05, 4.69) is 75.3 Å². The van der Waals surface area contributed by atoms with Gasteiger partial charge in [0.15, 0.2) is 5.78 Å². The van der Waals surface area contributed by atoms with E-state index in [0.717, 1.165) is 24.1 Å². The van der Waals surface area contributed by atoms with E-state index in [1.54, 1.807) is 18.2 Å². The number of hydrogen-bond acceptors (Lipinski definition) is 5. The summed E-state index contributed by atoms with van der Waals surface area (Å²) in [5, 5.41) is 5.50. The van der Waals surface area contributed by atoms with E-state index in [1.165, 1.54) is 27.9 Å². The Morgan fingerprint density at radius 3 is 2.38 bits per heavy atom. The van der Waals surface area contributed by atoms with Gasteiger partial charge in [-0.2, -0.15) is 0 Å². The van der Waals surface area contributed by atoms with E-state index in [4.69, 9.17) is 4.74 Å². The van der Waals surface area contributed by atoms with Crippen molar-refractivity contribution in [2.24, 2.45) is 0 Å². The second-order valence-corrected chi connectivity index (χ2v) is 10.9. The van der Waals surface area contributed by atoms with Gasteiger partial charge >= 0.3 is 0 Å². The van der Waals surface area contributed by atoms with Crippen LogP contribution in [0.25, 0.3) is 21.8 Å². The fraction of sp³-hybridized carbons (Fsp3) is 0.167. The third-order valence-corrected chi connectivity index (χ3v) is 6.86. The molecule has 0 atom stereocenters. The molecule has 1 heterocycles. The van der Waals surface area contributed by atoms with E-state index < -0.39 is 10.0 Å². The van der Waals surface area contributed by atoms with Crippen LogP contribution >= 0.6 is 12.4 Å². The summed E-state index contributed by atoms with van der Waals surface area (Å²) >= 11 is 0. The monoisotopic (exact) mass is 563 g/mol. The summed E-state index contributed by atoms with van der Waals surface area (Å²) in [6.45, 7) is 1.76. The van der Waals surface area contributed by atoms with Crippen LogP contribution in [-0.4, -0.2) is 44.7 Å². The predicted octanol–water partition coefficient (Wildman–Crippen LogP) is 5.49. The quantitative estimate of drug-likeness (QED) is 0.164. The number of carbonyl (C=O) groups excluding carboxylic acids is 1. The molecule has 0 spiro atoms. The Kier molecular flexibility index (Phi) is 8.91. The van der Waals surface area contributed by atoms with Gasteiger partial charge in [-0.15, -0.1) is 12.4 Å². The molecule has 0 aliphatic heterocycles. The van der Waals surface area contributed by atoms with Gasteiger partial charge in [-0.25, -0.2) is 8.42 Å². The summed E-state index contributed by atoms with van der Waals surface area (Å²) in [6.07, 6.45) is 1.07. The SMILES string of the molecule is CS(=O)(=O)Nc1cccc(C(=O)CNCCOc2ccc3c4ccccc4n(Cc4ccccc4)c3c2)c1.Cl. The number of ether oxygens (including phenoxy) is 1. The normalized spacial score (nSPS) is 11.3. The van der Waals surface area contributed by atoms with Gasteiger partial charge in [0.05, 0.1) is 18.3 Å². The molecule has 0 amide bonds. The molecule has 0 bridgehead atoms. The van der Waals surface area contributed by atoms with E-state index >= 15 is 0 Å². The zero-order valence-electron chi connectivity index (χ0n) is 21.5. The van der Waals surface area contributed by atoms with Crippen molar-refractivity contribution in [1.82, 2.24) is 9.88 Å². The van der Waals surface area contributed by atoms with Crippen LogP contribution in [0.4, 0.5) is 5.69 Å². The van der Waals surface area contributed by atoms with Crippen LogP contribution in [0.2, 0.25) is 0 Å². The highest BCUT2D eigenvalue weighted by molar-refractivity contribution is 7.92. The lowest BCUT2D eigenvalue weighted by Gasteiger charge is -2.10. The topological polar surface area (TPSA) is 89.4 Å². The smallest absolute Gasteiger partial charge is 0.229 e. The van der Waals surface area contributed by atoms with Crippen molar-refractivity contribution < 1.29 is 17.9 Å². The number of carbonyl (C=O) groups is 1. The minimum atomic E-state index is -3.41. The summed E-state index contributed by atoms with van der Waals surface area (Å²) in [4.78, 5) is 12.5. The Morgan fingerprint density at radius 1 is 0.846 bits per heavy atom. The number of fused-ring (bicyclic) bond motifs is 3. The first-order valence-electron chi connectivity index (χ1n) is 12.4. The second kappa shape index (κ2) is 12.3. The van der Waals surface area contributed by atoms with Crippen LogP contribution in [0, 0.1) is 0 Å². The minimum Gasteiger partial charge on any atom is -0.492 e. The van der Waals surface area contributed by atoms with Gasteiger partial charge in [-0.05, 0) is 35.9 Å². The lowest BCUT2D eigenvalue weighted by atomic mass is 10.1. The molecule has 9 heteroatoms. The maximum absolute atomic E-state index is 12.5. The standard InChI is InChI=1S/C30H29N3O4S.ClH/c1-38(35,36)32-24-11-7-10-23(18-24)30(34)20-31-16-17-37-25-14-15-27-26-12-5-6-13-28(26)33(29(27)19-25)21-22-8-3-2-4-9-22;/h2-15,18-19,31-32H,16-17,20-21H2,1H3;1H. The number of nitrogens with one attached hydrogen (secondary N) is 2. The minimum absolute atomic E-state index is 0. The molecule has 7 nitrogen and oxygen atoms in total. The highest BCUT2D eigenvalue weighted by Gasteiger charge is 2.12. The van der Waals surface area contributed by atoms with Crippen LogP contribution in [0.5, 0.6) is 5.75 Å². The molecule has 2 N–H and O–H groups in total. The van der Waals surface area contributed by atoms with Crippen molar-refractivity contribution in [2.45, 2.75) is 6.54 Å². The van der Waals surface area contributed by atoms with Crippen molar-refractivity contribution in [2.75, 3.05) is 30.7 Å². The maximum Gasteiger partial charge on any atom is 0.229 e. The Bertz CT molecular complexity index is 1700. The van der Waals surface area contributed by atoms with Gasteiger partial charge in [0.1, 0.15) is 12.4 Å². The number of hydrogen-bond donors (Lipinski definition) is 2. The molecule has 0 aliphatic carbocycles. The number of para-hydroxylation sites is 1. The van der Waals surface area contributed by atoms with Crippen LogP contribution in [-0.2, 0) is 16.6 Å². The molecular formula is C30H30ClN3O4S. The molecule has 0 unspecified atom stereocenters. The molecule has 1 aromatic heterocycles. The number of halogens is 1. The molecule has 0 saturated heterocycles. The molecule has 0 fully saturated rings. The molecule has 202 valence electrons. The number of sulfonamides is 1. The number of Topliss-reactive ketones (excluding diaryl/α,β-unsaturated/α-hetero) is 1. The third-order valence-electron chi connectivity index (χ3n) is 6.25. The Labute approximate surface area is 234 Å². The van der Waals surface area contributed by atoms with Gasteiger partial charge in [-0.3, -0.25) is 9.52 Å². The average Bonchev–Trinajstić information content (AvgIpc) is 3.21. The van der Waals surface area contributed by atoms with E-state index in [-0.39, 0.29) is 24.7 Å². The van der Waals surface area contributed by atoms with Crippen molar-refractivity contribution in [3.8, 4) is 5.75 Å². The van der Waals surface area contributed by atoms with Gasteiger partial charge in [0, 0.05) is 46.7 Å². The number of nitrogens with zero attached hydrogens (tertiary/aromatic N) is 1. The highest BCUT2D eigenvalue weighted by Crippen LogP contribution is 2.32. The van der Waals surface area contributed by atoms with Crippen molar-refractivity contribution in [1.29, 1.82) is 0 Å². The number of anilines is 1. The fourth-order valence-corrected chi connectivity index (χ4v) is 5.13. The molecule has 0 radical (unpaired) electrons. The first-order valence-corrected chi connectivity index (χ1v) is 14.3. The fourth-order valence-electron chi connectivity index (χ4n) is 4.57. The van der Waals surface area contributed by atoms with Crippen molar-refractivity contribution in [3.63, 3.8) is 0 Å². The summed E-state index contributed by atoms with van der Waals surface area (Å²) in [5.41, 5.74) is 4.32. The highest BCUT2D eigenvalue weighted by atomic mass is 35.5. The third kappa shape index (κ3) is 6.97. The summed E-state index contributed by atoms with van der Waals surface area (Å²) in [7, 11) is -3.41. The Hall–Kier alpha value is -3.85. The lowest BCUT2D eigenvalue weighted by Crippen LogP contribution is -2.27. The van der Waals surface area contributed by atoms with Gasteiger partial charge in [0.2, 0.25) is 10.0 Å². The predicted molar refractivity (Wildman–Crippen MR) is 160 cm³/mol. The van der Waals surface area contributed by atoms with Crippen molar-refractivity contribution >= 4 is 55.7 Å². The van der Waals surface area contributed by atoms with Gasteiger partial charge in [-0.1, -0.05) is 60.7 Å². The maximum atomic E-state index is 12.5. The van der Waals surface area contributed by atoms with Crippen LogP contribution in [0.15, 0.2) is 97.1 Å². The molecular weight excluding hydrogens is 534 g/mol. The molecule has 0 saturated carbocycles. The average molecular weight is 564 g/mol. The van der Waals surface area contributed by atoms with Gasteiger partial charge < -0.3 is 14.6 Å². The molecule has 4 aromatic carbocycles. The van der Waals surface area contributed by atoms with E-state index in [1.807, 2.05) is 12.1 Å². The zero-order valence-corrected chi connectivity index (χ0v) is 23.1. The lowest BCUT2D eigenvalue weighted by molar-refractivity contribution is 0.0990. The number of aromatic nitrogens is 1. The molecule has 5 rings (SSSR count). The molecule has 39 heavy (non-hydrogen) atoms. The number of benzene rings is 4. The first-order chi connectivity index (χ1) is 18.4. The molecule has 0 aliphatic rings. The van der Waals surface area contributed by atoms with Crippen molar-refractivity contribution in [3.05, 3.63) is 108 Å².